The second-order valence-corrected chi connectivity index (χ2v) is 12.2. The number of carbonyl (C=O) groups excluding carboxylic acids is 1. The summed E-state index contributed by atoms with van der Waals surface area (Å²) in [6, 6.07) is 38.6. The monoisotopic (exact) mass is 754 g/mol. The quantitative estimate of drug-likeness (QED) is 0.0928. The Hall–Kier alpha value is -4.28. The molecule has 6 aromatic carbocycles. The van der Waals surface area contributed by atoms with E-state index >= 15 is 0 Å². The fraction of sp³-hybridized carbons (Fsp3) is 0. The molecule has 0 bridgehead atoms. The Morgan fingerprint density at radius 1 is 0.596 bits per heavy atom. The molecule has 0 saturated heterocycles. The van der Waals surface area contributed by atoms with Crippen molar-refractivity contribution in [2.45, 2.75) is 4.90 Å². The van der Waals surface area contributed by atoms with E-state index < -0.39 is 31.4 Å². The van der Waals surface area contributed by atoms with E-state index in [2.05, 4.69) is 6.07 Å². The van der Waals surface area contributed by atoms with Crippen molar-refractivity contribution in [3.05, 3.63) is 151 Å². The predicted octanol–water partition coefficient (Wildman–Crippen LogP) is 0.956. The van der Waals surface area contributed by atoms with Gasteiger partial charge in [-0.3, -0.25) is 0 Å². The van der Waals surface area contributed by atoms with Crippen molar-refractivity contribution in [3.63, 3.8) is 0 Å². The number of hydrogen-bond donors (Lipinski definition) is 2. The van der Waals surface area contributed by atoms with Gasteiger partial charge in [-0.05, 0) is 89.0 Å². The first-order valence-electron chi connectivity index (χ1n) is 14.4. The third-order valence-electron chi connectivity index (χ3n) is 7.09. The van der Waals surface area contributed by atoms with Crippen molar-refractivity contribution in [2.24, 2.45) is 0 Å². The summed E-state index contributed by atoms with van der Waals surface area (Å²) in [5.41, 5.74) is 3.76. The van der Waals surface area contributed by atoms with E-state index in [1.165, 1.54) is 24.3 Å². The van der Waals surface area contributed by atoms with Crippen LogP contribution in [0.2, 0.25) is 0 Å². The molecular weight excluding hydrogens is 731 g/mol. The molecule has 0 radical (unpaired) electrons. The van der Waals surface area contributed by atoms with Crippen molar-refractivity contribution in [1.82, 2.24) is 0 Å². The maximum absolute atomic E-state index is 13.2. The number of carbonyl (C=O) groups is 1. The fourth-order valence-corrected chi connectivity index (χ4v) is 5.33. The van der Waals surface area contributed by atoms with Gasteiger partial charge in [0.2, 0.25) is 0 Å². The molecule has 0 heterocycles. The van der Waals surface area contributed by atoms with E-state index in [1.54, 1.807) is 78.9 Å². The number of phenolic OH excluding ortho intramolecular Hbond substituents is 2. The van der Waals surface area contributed by atoms with Gasteiger partial charge in [-0.25, -0.2) is 8.42 Å². The van der Waals surface area contributed by atoms with Crippen LogP contribution in [0.1, 0.15) is 15.9 Å². The zero-order valence-corrected chi connectivity index (χ0v) is 33.2. The summed E-state index contributed by atoms with van der Waals surface area (Å²) >= 11 is 0. The van der Waals surface area contributed by atoms with Gasteiger partial charge in [0.15, 0.2) is 0 Å². The number of phenols is 2. The standard InChI is InChI=1S/C37H25O8S.2Na.O3S/c38-30-12-1-24(2-13-30)26-5-16-32(17-6-26)44-33-20-9-28(10-21-33)37(40)29-11-22-35(36(23-29)46(41,42)43)45-34-18-7-27(8-19-34)25-3-14-31(39)15-4-25;;;1-4(2)3/h1-20,22-23,38-39H,(H,41,42,43);;;/q-1;2*+1;/p-1. The summed E-state index contributed by atoms with van der Waals surface area (Å²) in [5, 5.41) is 19.0. The van der Waals surface area contributed by atoms with Crippen LogP contribution in [0.3, 0.4) is 0 Å². The predicted molar refractivity (Wildman–Crippen MR) is 180 cm³/mol. The summed E-state index contributed by atoms with van der Waals surface area (Å²) < 4.78 is 73.4. The zero-order valence-electron chi connectivity index (χ0n) is 27.6. The van der Waals surface area contributed by atoms with Gasteiger partial charge in [0.25, 0.3) is 0 Å². The summed E-state index contributed by atoms with van der Waals surface area (Å²) in [6.07, 6.45) is 0. The SMILES string of the molecule is O=C(c1c[c-]c(Oc2ccc(-c3ccc(O)cc3)cc2)cc1)c1ccc(Oc2ccc(-c3ccc(O)cc3)cc2)c(S(=O)(=O)[O-])c1.O=S(=O)=O.[Na+].[Na+]. The van der Waals surface area contributed by atoms with Crippen molar-refractivity contribution < 1.29 is 109 Å². The van der Waals surface area contributed by atoms with Crippen molar-refractivity contribution in [1.29, 1.82) is 0 Å². The number of ether oxygens (including phenoxy) is 2. The molecule has 15 heteroatoms. The fourth-order valence-electron chi connectivity index (χ4n) is 4.70. The van der Waals surface area contributed by atoms with Crippen LogP contribution in [-0.4, -0.2) is 41.6 Å². The van der Waals surface area contributed by atoms with Crippen molar-refractivity contribution >= 4 is 26.5 Å². The van der Waals surface area contributed by atoms with Crippen LogP contribution in [0.25, 0.3) is 22.3 Å². The molecule has 0 saturated carbocycles. The first-order valence-corrected chi connectivity index (χ1v) is 16.8. The average molecular weight is 755 g/mol. The topological polar surface area (TPSA) is 184 Å². The van der Waals surface area contributed by atoms with E-state index in [1.807, 2.05) is 24.3 Å². The van der Waals surface area contributed by atoms with Gasteiger partial charge < -0.3 is 29.0 Å². The minimum atomic E-state index is -5.00. The molecule has 11 nitrogen and oxygen atoms in total. The Labute approximate surface area is 344 Å². The molecule has 0 spiro atoms. The van der Waals surface area contributed by atoms with E-state index in [4.69, 9.17) is 22.1 Å². The van der Waals surface area contributed by atoms with Gasteiger partial charge in [0.05, 0.1) is 4.90 Å². The van der Waals surface area contributed by atoms with Crippen molar-refractivity contribution in [2.75, 3.05) is 0 Å². The van der Waals surface area contributed by atoms with Gasteiger partial charge in [-0.2, -0.15) is 12.1 Å². The van der Waals surface area contributed by atoms with E-state index in [0.717, 1.165) is 28.3 Å². The summed E-state index contributed by atoms with van der Waals surface area (Å²) in [7, 11) is -8.11. The Morgan fingerprint density at radius 3 is 1.40 bits per heavy atom. The molecular formula is C37H24Na2O11S2. The zero-order chi connectivity index (χ0) is 35.8. The summed E-state index contributed by atoms with van der Waals surface area (Å²) in [4.78, 5) is 12.6. The van der Waals surface area contributed by atoms with E-state index in [9.17, 15) is 28.0 Å². The minimum absolute atomic E-state index is 0. The van der Waals surface area contributed by atoms with E-state index in [0.29, 0.717) is 11.5 Å². The molecule has 6 rings (SSSR count). The third-order valence-corrected chi connectivity index (χ3v) is 7.94. The van der Waals surface area contributed by atoms with Gasteiger partial charge in [0.1, 0.15) is 44.6 Å². The molecule has 0 aromatic heterocycles. The molecule has 52 heavy (non-hydrogen) atoms. The van der Waals surface area contributed by atoms with Crippen LogP contribution >= 0.6 is 0 Å². The molecule has 0 aliphatic carbocycles. The Bertz CT molecular complexity index is 2340. The molecule has 0 amide bonds. The van der Waals surface area contributed by atoms with Gasteiger partial charge >= 0.3 is 69.7 Å². The first kappa shape index (κ1) is 42.1. The van der Waals surface area contributed by atoms with Gasteiger partial charge in [0, 0.05) is 11.3 Å². The number of benzene rings is 6. The Morgan fingerprint density at radius 2 is 1.00 bits per heavy atom. The van der Waals surface area contributed by atoms with Crippen LogP contribution in [-0.2, 0) is 20.7 Å². The Balaban J connectivity index is 0.00000116. The molecule has 6 aromatic rings. The first-order chi connectivity index (χ1) is 23.9. The van der Waals surface area contributed by atoms with Gasteiger partial charge in [-0.1, -0.05) is 54.1 Å². The molecule has 252 valence electrons. The molecule has 0 fully saturated rings. The Kier molecular flexibility index (Phi) is 15.4. The van der Waals surface area contributed by atoms with E-state index in [-0.39, 0.29) is 93.2 Å². The summed E-state index contributed by atoms with van der Waals surface area (Å²) in [6.45, 7) is 0. The van der Waals surface area contributed by atoms with Crippen LogP contribution in [0, 0.1) is 6.07 Å². The third kappa shape index (κ3) is 11.6. The van der Waals surface area contributed by atoms with Crippen LogP contribution < -0.4 is 68.6 Å². The molecule has 0 aliphatic rings. The van der Waals surface area contributed by atoms with Gasteiger partial charge in [-0.15, -0.1) is 24.8 Å². The second-order valence-electron chi connectivity index (χ2n) is 10.4. The van der Waals surface area contributed by atoms with Crippen LogP contribution in [0.15, 0.2) is 138 Å². The molecule has 0 unspecified atom stereocenters. The number of ketones is 1. The number of hydrogen-bond acceptors (Lipinski definition) is 11. The van der Waals surface area contributed by atoms with Crippen LogP contribution in [0.4, 0.5) is 0 Å². The number of aromatic hydroxyl groups is 2. The number of rotatable bonds is 9. The maximum atomic E-state index is 13.2. The van der Waals surface area contributed by atoms with Crippen molar-refractivity contribution in [3.8, 4) is 56.8 Å². The van der Waals surface area contributed by atoms with Crippen LogP contribution in [0.5, 0.6) is 34.5 Å². The normalized spacial score (nSPS) is 10.3. The largest absolute Gasteiger partial charge is 1.00 e. The molecule has 0 aliphatic heterocycles. The molecule has 2 N–H and O–H groups in total. The second kappa shape index (κ2) is 19.0. The molecule has 0 atom stereocenters. The minimum Gasteiger partial charge on any atom is -0.744 e. The maximum Gasteiger partial charge on any atom is 1.00 e. The summed E-state index contributed by atoms with van der Waals surface area (Å²) in [5.74, 6) is 0.795. The smallest absolute Gasteiger partial charge is 0.744 e. The average Bonchev–Trinajstić information content (AvgIpc) is 3.09.